The smallest absolute Gasteiger partial charge is 0.137 e. The standard InChI is InChI=1S/C15H24O.C5H8O2.Co/c1-2-3-4-5-6-7-8-11-14-12-9-10-13-15(14)16;1-4(6)3-5(2)7;/h9-10,12-13,16H,2-8,11H2,1H3;3H2,1-2H3;. The minimum Gasteiger partial charge on any atom is -0.508 e. The Labute approximate surface area is 157 Å². The number of phenols is 1. The molecule has 0 aliphatic carbocycles. The van der Waals surface area contributed by atoms with Crippen molar-refractivity contribution in [3.63, 3.8) is 0 Å². The molecule has 0 aliphatic heterocycles. The van der Waals surface area contributed by atoms with Crippen LogP contribution in [0.15, 0.2) is 24.3 Å². The van der Waals surface area contributed by atoms with E-state index in [9.17, 15) is 14.7 Å². The Balaban J connectivity index is 0. The van der Waals surface area contributed by atoms with Crippen LogP contribution in [-0.2, 0) is 32.8 Å². The molecule has 0 fully saturated rings. The zero-order valence-corrected chi connectivity index (χ0v) is 16.3. The van der Waals surface area contributed by atoms with Gasteiger partial charge in [-0.25, -0.2) is 0 Å². The molecular weight excluding hydrogens is 347 g/mol. The largest absolute Gasteiger partial charge is 0.508 e. The third-order valence-corrected chi connectivity index (χ3v) is 3.54. The third-order valence-electron chi connectivity index (χ3n) is 3.54. The second kappa shape index (κ2) is 16.7. The minimum atomic E-state index is -0.0625. The fourth-order valence-corrected chi connectivity index (χ4v) is 2.35. The number of hydrogen-bond acceptors (Lipinski definition) is 3. The minimum absolute atomic E-state index is 0. The quantitative estimate of drug-likeness (QED) is 0.447. The number of rotatable bonds is 10. The fraction of sp³-hybridized carbons (Fsp3) is 0.600. The topological polar surface area (TPSA) is 54.4 Å². The summed E-state index contributed by atoms with van der Waals surface area (Å²) in [7, 11) is 0. The molecule has 0 atom stereocenters. The van der Waals surface area contributed by atoms with Gasteiger partial charge in [0.2, 0.25) is 0 Å². The van der Waals surface area contributed by atoms with Gasteiger partial charge in [-0.05, 0) is 38.3 Å². The number of para-hydroxylation sites is 1. The number of carbonyl (C=O) groups is 2. The van der Waals surface area contributed by atoms with E-state index in [-0.39, 0.29) is 34.8 Å². The van der Waals surface area contributed by atoms with Gasteiger partial charge in [0.25, 0.3) is 0 Å². The van der Waals surface area contributed by atoms with Gasteiger partial charge >= 0.3 is 0 Å². The summed E-state index contributed by atoms with van der Waals surface area (Å²) in [4.78, 5) is 20.1. The van der Waals surface area contributed by atoms with Crippen LogP contribution in [-0.4, -0.2) is 16.7 Å². The average molecular weight is 379 g/mol. The summed E-state index contributed by atoms with van der Waals surface area (Å²) >= 11 is 0. The van der Waals surface area contributed by atoms with Crippen molar-refractivity contribution in [2.24, 2.45) is 0 Å². The molecule has 0 amide bonds. The molecule has 0 aliphatic rings. The molecule has 0 aromatic heterocycles. The number of aryl methyl sites for hydroxylation is 1. The number of unbranched alkanes of at least 4 members (excludes halogenated alkanes) is 6. The van der Waals surface area contributed by atoms with E-state index in [1.54, 1.807) is 6.07 Å². The maximum Gasteiger partial charge on any atom is 0.137 e. The Bertz CT molecular complexity index is 446. The third kappa shape index (κ3) is 15.8. The average Bonchev–Trinajstić information content (AvgIpc) is 2.47. The summed E-state index contributed by atoms with van der Waals surface area (Å²) in [6, 6.07) is 7.67. The molecule has 24 heavy (non-hydrogen) atoms. The van der Waals surface area contributed by atoms with Crippen LogP contribution in [0.3, 0.4) is 0 Å². The van der Waals surface area contributed by atoms with E-state index >= 15 is 0 Å². The molecule has 139 valence electrons. The van der Waals surface area contributed by atoms with E-state index in [1.807, 2.05) is 18.2 Å². The Morgan fingerprint density at radius 1 is 0.875 bits per heavy atom. The maximum atomic E-state index is 10.0. The van der Waals surface area contributed by atoms with Crippen LogP contribution < -0.4 is 0 Å². The number of benzene rings is 1. The van der Waals surface area contributed by atoms with Crippen molar-refractivity contribution in [3.05, 3.63) is 29.8 Å². The summed E-state index contributed by atoms with van der Waals surface area (Å²) in [6.07, 6.45) is 10.4. The Morgan fingerprint density at radius 3 is 1.83 bits per heavy atom. The summed E-state index contributed by atoms with van der Waals surface area (Å²) in [6.45, 7) is 5.06. The van der Waals surface area contributed by atoms with Crippen LogP contribution in [0.1, 0.15) is 77.7 Å². The SMILES string of the molecule is CC(=O)CC(C)=O.CCCCCCCCCc1ccccc1O.[Co]. The van der Waals surface area contributed by atoms with Gasteiger partial charge in [-0.3, -0.25) is 9.59 Å². The normalized spacial score (nSPS) is 9.46. The first kappa shape index (κ1) is 25.1. The number of aromatic hydroxyl groups is 1. The van der Waals surface area contributed by atoms with E-state index in [0.717, 1.165) is 12.0 Å². The molecule has 0 spiro atoms. The van der Waals surface area contributed by atoms with Gasteiger partial charge < -0.3 is 5.11 Å². The van der Waals surface area contributed by atoms with Gasteiger partial charge in [0.15, 0.2) is 0 Å². The fourth-order valence-electron chi connectivity index (χ4n) is 2.35. The van der Waals surface area contributed by atoms with Gasteiger partial charge in [0, 0.05) is 16.8 Å². The van der Waals surface area contributed by atoms with Crippen molar-refractivity contribution < 1.29 is 31.5 Å². The second-order valence-electron chi connectivity index (χ2n) is 6.08. The monoisotopic (exact) mass is 379 g/mol. The molecule has 1 N–H and O–H groups in total. The van der Waals surface area contributed by atoms with Crippen molar-refractivity contribution in [2.45, 2.75) is 78.6 Å². The Kier molecular flexibility index (Phi) is 17.5. The summed E-state index contributed by atoms with van der Waals surface area (Å²) < 4.78 is 0. The molecule has 1 aromatic carbocycles. The van der Waals surface area contributed by atoms with Crippen LogP contribution in [0.4, 0.5) is 0 Å². The van der Waals surface area contributed by atoms with Gasteiger partial charge in [-0.1, -0.05) is 63.6 Å². The van der Waals surface area contributed by atoms with E-state index in [2.05, 4.69) is 6.92 Å². The first-order valence-corrected chi connectivity index (χ1v) is 8.73. The molecule has 1 rings (SSSR count). The van der Waals surface area contributed by atoms with Gasteiger partial charge in [0.1, 0.15) is 17.3 Å². The zero-order chi connectivity index (χ0) is 17.5. The summed E-state index contributed by atoms with van der Waals surface area (Å²) in [5, 5.41) is 9.58. The predicted octanol–water partition coefficient (Wildman–Crippen LogP) is 5.24. The molecule has 0 heterocycles. The van der Waals surface area contributed by atoms with Crippen molar-refractivity contribution in [1.29, 1.82) is 0 Å². The van der Waals surface area contributed by atoms with Crippen LogP contribution in [0, 0.1) is 0 Å². The number of Topliss-reactive ketones (excluding diaryl/α,β-unsaturated/α-hetero) is 2. The van der Waals surface area contributed by atoms with Crippen molar-refractivity contribution in [1.82, 2.24) is 0 Å². The zero-order valence-electron chi connectivity index (χ0n) is 15.3. The molecular formula is C20H32CoO3. The second-order valence-corrected chi connectivity index (χ2v) is 6.08. The van der Waals surface area contributed by atoms with E-state index < -0.39 is 0 Å². The van der Waals surface area contributed by atoms with Crippen LogP contribution in [0.5, 0.6) is 5.75 Å². The van der Waals surface area contributed by atoms with Crippen molar-refractivity contribution >= 4 is 11.6 Å². The Hall–Kier alpha value is -1.13. The first-order chi connectivity index (χ1) is 11.0. The molecule has 0 saturated carbocycles. The predicted molar refractivity (Wildman–Crippen MR) is 95.8 cm³/mol. The van der Waals surface area contributed by atoms with E-state index in [0.29, 0.717) is 5.75 Å². The number of phenolic OH excluding ortho intramolecular Hbond substituents is 1. The van der Waals surface area contributed by atoms with Gasteiger partial charge in [-0.15, -0.1) is 0 Å². The number of hydrogen-bond donors (Lipinski definition) is 1. The van der Waals surface area contributed by atoms with Crippen LogP contribution in [0.25, 0.3) is 0 Å². The Morgan fingerprint density at radius 2 is 1.38 bits per heavy atom. The molecule has 4 heteroatoms. The molecule has 1 radical (unpaired) electrons. The summed E-state index contributed by atoms with van der Waals surface area (Å²) in [5.41, 5.74) is 1.09. The number of carbonyl (C=O) groups excluding carboxylic acids is 2. The van der Waals surface area contributed by atoms with Gasteiger partial charge in [0.05, 0.1) is 6.42 Å². The molecule has 0 unspecified atom stereocenters. The van der Waals surface area contributed by atoms with Crippen molar-refractivity contribution in [3.8, 4) is 5.75 Å². The first-order valence-electron chi connectivity index (χ1n) is 8.73. The molecule has 3 nitrogen and oxygen atoms in total. The maximum absolute atomic E-state index is 10.0. The van der Waals surface area contributed by atoms with E-state index in [4.69, 9.17) is 0 Å². The van der Waals surface area contributed by atoms with Crippen LogP contribution in [0.2, 0.25) is 0 Å². The number of ketones is 2. The molecule has 0 bridgehead atoms. The van der Waals surface area contributed by atoms with Gasteiger partial charge in [-0.2, -0.15) is 0 Å². The van der Waals surface area contributed by atoms with E-state index in [1.165, 1.54) is 58.8 Å². The molecule has 1 aromatic rings. The van der Waals surface area contributed by atoms with Crippen molar-refractivity contribution in [2.75, 3.05) is 0 Å². The summed E-state index contributed by atoms with van der Waals surface area (Å²) in [5.74, 6) is 0.327. The molecule has 0 saturated heterocycles. The van der Waals surface area contributed by atoms with Crippen LogP contribution >= 0.6 is 0 Å².